The van der Waals surface area contributed by atoms with Crippen molar-refractivity contribution in [2.75, 3.05) is 7.05 Å². The Morgan fingerprint density at radius 1 is 1.10 bits per heavy atom. The van der Waals surface area contributed by atoms with Crippen molar-refractivity contribution in [1.29, 1.82) is 0 Å². The lowest BCUT2D eigenvalue weighted by molar-refractivity contribution is -0.136. The maximum Gasteiger partial charge on any atom is 0.244 e. The first-order chi connectivity index (χ1) is 14.6. The molecule has 2 unspecified atom stereocenters. The molecule has 8 heteroatoms. The van der Waals surface area contributed by atoms with E-state index in [1.54, 1.807) is 17.2 Å². The summed E-state index contributed by atoms with van der Waals surface area (Å²) in [6, 6.07) is 9.13. The number of hydrogen-bond acceptors (Lipinski definition) is 5. The molecule has 0 fully saturated rings. The predicted molar refractivity (Wildman–Crippen MR) is 125 cm³/mol. The topological polar surface area (TPSA) is 108 Å². The summed E-state index contributed by atoms with van der Waals surface area (Å²) in [6.45, 7) is 7.73. The lowest BCUT2D eigenvalue weighted by atomic mass is 9.92. The van der Waals surface area contributed by atoms with Crippen LogP contribution in [0.3, 0.4) is 0 Å². The van der Waals surface area contributed by atoms with E-state index < -0.39 is 22.6 Å². The summed E-state index contributed by atoms with van der Waals surface area (Å²) in [7, 11) is 1.53. The first kappa shape index (κ1) is 28.5. The normalized spacial score (nSPS) is 12.7. The molecule has 172 valence electrons. The number of rotatable bonds is 11. The van der Waals surface area contributed by atoms with Crippen LogP contribution in [0.4, 0.5) is 0 Å². The highest BCUT2D eigenvalue weighted by atomic mass is 32.2. The largest absolute Gasteiger partial charge is 0.357 e. The zero-order valence-electron chi connectivity index (χ0n) is 19.0. The number of amides is 3. The van der Waals surface area contributed by atoms with Crippen molar-refractivity contribution in [3.05, 3.63) is 35.9 Å². The zero-order valence-corrected chi connectivity index (χ0v) is 19.8. The maximum atomic E-state index is 12.9. The van der Waals surface area contributed by atoms with Crippen LogP contribution in [0, 0.1) is 24.7 Å². The molecule has 0 saturated heterocycles. The Hall–Kier alpha value is -2.50. The average Bonchev–Trinajstić information content (AvgIpc) is 2.76. The molecule has 0 radical (unpaired) electrons. The predicted octanol–water partition coefficient (Wildman–Crippen LogP) is 2.74. The van der Waals surface area contributed by atoms with Gasteiger partial charge in [-0.3, -0.25) is 19.6 Å². The van der Waals surface area contributed by atoms with Gasteiger partial charge in [0.25, 0.3) is 0 Å². The molecule has 31 heavy (non-hydrogen) atoms. The molecule has 0 aromatic heterocycles. The molecule has 0 saturated carbocycles. The fourth-order valence-corrected chi connectivity index (χ4v) is 4.07. The van der Waals surface area contributed by atoms with E-state index in [0.29, 0.717) is 12.2 Å². The van der Waals surface area contributed by atoms with Crippen LogP contribution in [0.5, 0.6) is 0 Å². The Labute approximate surface area is 190 Å². The number of carbonyl (C=O) groups excluding carboxylic acids is 3. The van der Waals surface area contributed by atoms with Crippen LogP contribution in [0.25, 0.3) is 0 Å². The molecule has 7 nitrogen and oxygen atoms in total. The number of likely N-dealkylation sites (N-methyl/N-ethyl adjacent to an activating group) is 1. The molecule has 0 aliphatic carbocycles. The second-order valence-electron chi connectivity index (χ2n) is 8.00. The number of carbonyl (C=O) groups is 3. The molecular weight excluding hydrogens is 414 g/mol. The van der Waals surface area contributed by atoms with Gasteiger partial charge in [0.2, 0.25) is 17.7 Å². The van der Waals surface area contributed by atoms with Crippen molar-refractivity contribution in [3.8, 4) is 12.8 Å². The summed E-state index contributed by atoms with van der Waals surface area (Å²) < 4.78 is -0.590. The number of hydrogen-bond donors (Lipinski definition) is 4. The first-order valence-electron chi connectivity index (χ1n) is 10.1. The number of nitrogens with one attached hydrogen (secondary N) is 3. The third kappa shape index (κ3) is 10.4. The van der Waals surface area contributed by atoms with E-state index in [-0.39, 0.29) is 24.2 Å². The van der Waals surface area contributed by atoms with E-state index in [1.165, 1.54) is 7.05 Å². The van der Waals surface area contributed by atoms with Crippen LogP contribution < -0.4 is 16.1 Å². The minimum absolute atomic E-state index is 0.140. The van der Waals surface area contributed by atoms with E-state index in [2.05, 4.69) is 23.5 Å². The minimum Gasteiger partial charge on any atom is -0.357 e. The van der Waals surface area contributed by atoms with E-state index in [4.69, 9.17) is 5.21 Å². The molecular formula is C23H35N3O4S. The van der Waals surface area contributed by atoms with Crippen molar-refractivity contribution >= 4 is 29.5 Å². The quantitative estimate of drug-likeness (QED) is 0.236. The molecule has 0 bridgehead atoms. The lowest BCUT2D eigenvalue weighted by Crippen LogP contribution is -2.57. The summed E-state index contributed by atoms with van der Waals surface area (Å²) in [4.78, 5) is 37.1. The van der Waals surface area contributed by atoms with Crippen LogP contribution >= 0.6 is 11.8 Å². The fourth-order valence-electron chi connectivity index (χ4n) is 3.01. The molecule has 3 amide bonds. The first-order valence-corrected chi connectivity index (χ1v) is 11.0. The third-order valence-electron chi connectivity index (χ3n) is 4.63. The number of terminal acetylenes is 1. The standard InChI is InChI=1S/C21H33N3O4S.C2H2/c1-14(2)11-16(12-17(25)24-28)19(26)23-18(20(27)22-5)21(3,4)29-13-15-9-7-6-8-10-15;1-2/h6-10,14,16,18,28H,11-13H2,1-5H3,(H,22,27)(H,23,26)(H,24,25);1-2H. The molecule has 1 rings (SSSR count). The Kier molecular flexibility index (Phi) is 13.3. The van der Waals surface area contributed by atoms with Crippen molar-refractivity contribution in [2.45, 2.75) is 57.1 Å². The summed E-state index contributed by atoms with van der Waals surface area (Å²) in [5.41, 5.74) is 2.71. The molecule has 0 spiro atoms. The van der Waals surface area contributed by atoms with E-state index in [1.807, 2.05) is 58.0 Å². The van der Waals surface area contributed by atoms with E-state index in [9.17, 15) is 14.4 Å². The van der Waals surface area contributed by atoms with Gasteiger partial charge in [-0.05, 0) is 31.7 Å². The highest BCUT2D eigenvalue weighted by Gasteiger charge is 2.38. The molecule has 0 heterocycles. The average molecular weight is 450 g/mol. The second kappa shape index (κ2) is 14.5. The molecule has 1 aromatic carbocycles. The molecule has 4 N–H and O–H groups in total. The Morgan fingerprint density at radius 2 is 1.68 bits per heavy atom. The van der Waals surface area contributed by atoms with Gasteiger partial charge in [-0.1, -0.05) is 44.2 Å². The number of benzene rings is 1. The van der Waals surface area contributed by atoms with Crippen molar-refractivity contribution in [3.63, 3.8) is 0 Å². The summed E-state index contributed by atoms with van der Waals surface area (Å²) in [5, 5.41) is 14.3. The van der Waals surface area contributed by atoms with Gasteiger partial charge in [0.1, 0.15) is 6.04 Å². The summed E-state index contributed by atoms with van der Waals surface area (Å²) >= 11 is 1.57. The maximum absolute atomic E-state index is 12.9. The number of thioether (sulfide) groups is 1. The van der Waals surface area contributed by atoms with Crippen LogP contribution in [0.2, 0.25) is 0 Å². The van der Waals surface area contributed by atoms with Crippen LogP contribution in [0.1, 0.15) is 46.1 Å². The Bertz CT molecular complexity index is 720. The minimum atomic E-state index is -0.777. The van der Waals surface area contributed by atoms with Crippen molar-refractivity contribution < 1.29 is 19.6 Å². The third-order valence-corrected chi connectivity index (χ3v) is 6.08. The van der Waals surface area contributed by atoms with Crippen LogP contribution in [-0.4, -0.2) is 40.8 Å². The fraction of sp³-hybridized carbons (Fsp3) is 0.522. The smallest absolute Gasteiger partial charge is 0.244 e. The van der Waals surface area contributed by atoms with Crippen LogP contribution in [0.15, 0.2) is 30.3 Å². The van der Waals surface area contributed by atoms with Crippen molar-refractivity contribution in [2.24, 2.45) is 11.8 Å². The highest BCUT2D eigenvalue weighted by Crippen LogP contribution is 2.32. The Morgan fingerprint density at radius 3 is 2.16 bits per heavy atom. The molecule has 0 aliphatic heterocycles. The van der Waals surface area contributed by atoms with E-state index >= 15 is 0 Å². The summed E-state index contributed by atoms with van der Waals surface area (Å²) in [5.74, 6) is -1.05. The molecule has 1 aromatic rings. The number of hydroxylamine groups is 1. The molecule has 0 aliphatic rings. The van der Waals surface area contributed by atoms with Gasteiger partial charge < -0.3 is 10.6 Å². The van der Waals surface area contributed by atoms with Gasteiger partial charge in [0.15, 0.2) is 0 Å². The van der Waals surface area contributed by atoms with Gasteiger partial charge in [-0.2, -0.15) is 0 Å². The second-order valence-corrected chi connectivity index (χ2v) is 9.63. The SMILES string of the molecule is C#C.CNC(=O)C(NC(=O)C(CC(=O)NO)CC(C)C)C(C)(C)SCc1ccccc1. The molecule has 2 atom stereocenters. The van der Waals surface area contributed by atoms with E-state index in [0.717, 1.165) is 5.56 Å². The van der Waals surface area contributed by atoms with Gasteiger partial charge in [0.05, 0.1) is 0 Å². The van der Waals surface area contributed by atoms with Gasteiger partial charge >= 0.3 is 0 Å². The van der Waals surface area contributed by atoms with Crippen molar-refractivity contribution in [1.82, 2.24) is 16.1 Å². The van der Waals surface area contributed by atoms with Gasteiger partial charge in [0, 0.05) is 29.9 Å². The van der Waals surface area contributed by atoms with Gasteiger partial charge in [-0.25, -0.2) is 5.48 Å². The van der Waals surface area contributed by atoms with Gasteiger partial charge in [-0.15, -0.1) is 24.6 Å². The Balaban J connectivity index is 0.00000436. The lowest BCUT2D eigenvalue weighted by Gasteiger charge is -2.34. The highest BCUT2D eigenvalue weighted by molar-refractivity contribution is 7.99. The monoisotopic (exact) mass is 449 g/mol. The van der Waals surface area contributed by atoms with Crippen LogP contribution in [-0.2, 0) is 20.1 Å². The summed E-state index contributed by atoms with van der Waals surface area (Å²) in [6.07, 6.45) is 8.33. The zero-order chi connectivity index (χ0) is 24.0.